The molecule has 0 fully saturated rings. The zero-order valence-electron chi connectivity index (χ0n) is 9.07. The van der Waals surface area contributed by atoms with E-state index in [9.17, 15) is 18.3 Å². The number of aliphatic carboxylic acids is 1. The second-order valence-corrected chi connectivity index (χ2v) is 5.20. The quantitative estimate of drug-likeness (QED) is 0.679. The topological polar surface area (TPSA) is 104 Å². The molecule has 0 aromatic heterocycles. The van der Waals surface area contributed by atoms with E-state index >= 15 is 0 Å². The smallest absolute Gasteiger partial charge is 0.324 e. The van der Waals surface area contributed by atoms with Crippen LogP contribution in [0.2, 0.25) is 0 Å². The van der Waals surface area contributed by atoms with Gasteiger partial charge in [-0.2, -0.15) is 4.72 Å². The highest BCUT2D eigenvalue weighted by Crippen LogP contribution is 2.09. The van der Waals surface area contributed by atoms with E-state index in [1.165, 1.54) is 31.2 Å². The van der Waals surface area contributed by atoms with Gasteiger partial charge in [0.15, 0.2) is 0 Å². The van der Waals surface area contributed by atoms with Gasteiger partial charge in [-0.3, -0.25) is 4.79 Å². The van der Waals surface area contributed by atoms with E-state index in [0.717, 1.165) is 0 Å². The van der Waals surface area contributed by atoms with Crippen LogP contribution in [0.5, 0.6) is 0 Å². The van der Waals surface area contributed by atoms with Crippen molar-refractivity contribution >= 4 is 16.0 Å². The van der Waals surface area contributed by atoms with Crippen molar-refractivity contribution in [3.8, 4) is 0 Å². The summed E-state index contributed by atoms with van der Waals surface area (Å²) in [5.41, 5.74) is 0. The number of benzene rings is 1. The fourth-order valence-electron chi connectivity index (χ4n) is 1.19. The maximum absolute atomic E-state index is 11.8. The van der Waals surface area contributed by atoms with Crippen molar-refractivity contribution < 1.29 is 23.4 Å². The van der Waals surface area contributed by atoms with E-state index in [-0.39, 0.29) is 4.90 Å². The van der Waals surface area contributed by atoms with E-state index in [1.54, 1.807) is 6.07 Å². The molecular weight excluding hydrogens is 246 g/mol. The van der Waals surface area contributed by atoms with Gasteiger partial charge in [-0.25, -0.2) is 8.42 Å². The van der Waals surface area contributed by atoms with E-state index in [4.69, 9.17) is 5.11 Å². The Kier molecular flexibility index (Phi) is 4.22. The van der Waals surface area contributed by atoms with Gasteiger partial charge >= 0.3 is 5.97 Å². The van der Waals surface area contributed by atoms with Crippen molar-refractivity contribution in [2.45, 2.75) is 24.0 Å². The predicted molar refractivity (Wildman–Crippen MR) is 59.9 cm³/mol. The van der Waals surface area contributed by atoms with Crippen molar-refractivity contribution in [1.82, 2.24) is 4.72 Å². The molecule has 0 aliphatic carbocycles. The number of carbonyl (C=O) groups is 1. The fourth-order valence-corrected chi connectivity index (χ4v) is 2.47. The third-order valence-corrected chi connectivity index (χ3v) is 3.54. The lowest BCUT2D eigenvalue weighted by molar-refractivity contribution is -0.141. The number of aliphatic hydroxyl groups is 1. The highest BCUT2D eigenvalue weighted by Gasteiger charge is 2.28. The number of hydrogen-bond acceptors (Lipinski definition) is 4. The number of nitrogens with one attached hydrogen (secondary N) is 1. The Hall–Kier alpha value is -1.44. The van der Waals surface area contributed by atoms with Crippen LogP contribution >= 0.6 is 0 Å². The molecule has 0 spiro atoms. The Balaban J connectivity index is 2.97. The van der Waals surface area contributed by atoms with E-state index in [1.807, 2.05) is 4.72 Å². The Morgan fingerprint density at radius 1 is 1.29 bits per heavy atom. The number of sulfonamides is 1. The number of carboxylic acids is 1. The average molecular weight is 259 g/mol. The van der Waals surface area contributed by atoms with Gasteiger partial charge in [0.2, 0.25) is 10.0 Å². The van der Waals surface area contributed by atoms with Crippen LogP contribution in [0.4, 0.5) is 0 Å². The molecule has 0 unspecified atom stereocenters. The lowest BCUT2D eigenvalue weighted by atomic mass is 10.2. The maximum Gasteiger partial charge on any atom is 0.324 e. The third-order valence-electron chi connectivity index (χ3n) is 2.08. The van der Waals surface area contributed by atoms with Crippen LogP contribution in [-0.4, -0.2) is 36.7 Å². The summed E-state index contributed by atoms with van der Waals surface area (Å²) in [6.45, 7) is 1.20. The molecule has 1 aromatic carbocycles. The molecule has 3 N–H and O–H groups in total. The van der Waals surface area contributed by atoms with Crippen LogP contribution in [0.15, 0.2) is 35.2 Å². The van der Waals surface area contributed by atoms with Gasteiger partial charge in [-0.15, -0.1) is 0 Å². The number of rotatable bonds is 5. The first kappa shape index (κ1) is 13.6. The van der Waals surface area contributed by atoms with Crippen LogP contribution in [0.3, 0.4) is 0 Å². The first-order valence-electron chi connectivity index (χ1n) is 4.83. The molecule has 0 heterocycles. The minimum Gasteiger partial charge on any atom is -0.480 e. The van der Waals surface area contributed by atoms with Gasteiger partial charge in [0, 0.05) is 0 Å². The van der Waals surface area contributed by atoms with E-state index in [2.05, 4.69) is 0 Å². The molecule has 94 valence electrons. The van der Waals surface area contributed by atoms with Crippen molar-refractivity contribution in [1.29, 1.82) is 0 Å². The first-order valence-corrected chi connectivity index (χ1v) is 6.31. The third kappa shape index (κ3) is 3.52. The van der Waals surface area contributed by atoms with Gasteiger partial charge in [-0.1, -0.05) is 18.2 Å². The second kappa shape index (κ2) is 5.26. The molecule has 0 bridgehead atoms. The largest absolute Gasteiger partial charge is 0.480 e. The Morgan fingerprint density at radius 2 is 1.82 bits per heavy atom. The Labute approximate surface area is 99.0 Å². The minimum atomic E-state index is -3.94. The van der Waals surface area contributed by atoms with Crippen LogP contribution in [0, 0.1) is 0 Å². The van der Waals surface area contributed by atoms with Crippen LogP contribution in [0.1, 0.15) is 6.92 Å². The van der Waals surface area contributed by atoms with Crippen LogP contribution < -0.4 is 4.72 Å². The summed E-state index contributed by atoms with van der Waals surface area (Å²) in [5.74, 6) is -1.43. The summed E-state index contributed by atoms with van der Waals surface area (Å²) in [5, 5.41) is 18.0. The van der Waals surface area contributed by atoms with Gasteiger partial charge < -0.3 is 10.2 Å². The van der Waals surface area contributed by atoms with Gasteiger partial charge in [-0.05, 0) is 19.1 Å². The molecule has 0 saturated carbocycles. The lowest BCUT2D eigenvalue weighted by Gasteiger charge is -2.16. The SMILES string of the molecule is C[C@@H](O)[C@@H](NS(=O)(=O)c1ccccc1)C(=O)O. The Bertz CT molecular complexity index is 483. The normalized spacial score (nSPS) is 15.2. The molecule has 1 aromatic rings. The van der Waals surface area contributed by atoms with Gasteiger partial charge in [0.05, 0.1) is 11.0 Å². The molecule has 1 rings (SSSR count). The molecule has 17 heavy (non-hydrogen) atoms. The van der Waals surface area contributed by atoms with Crippen molar-refractivity contribution in [3.63, 3.8) is 0 Å². The molecule has 0 aliphatic heterocycles. The van der Waals surface area contributed by atoms with Gasteiger partial charge in [0.1, 0.15) is 6.04 Å². The molecule has 6 nitrogen and oxygen atoms in total. The molecule has 0 saturated heterocycles. The van der Waals surface area contributed by atoms with Gasteiger partial charge in [0.25, 0.3) is 0 Å². The molecule has 0 aliphatic rings. The predicted octanol–water partition coefficient (Wildman–Crippen LogP) is -0.201. The highest BCUT2D eigenvalue weighted by molar-refractivity contribution is 7.89. The second-order valence-electron chi connectivity index (χ2n) is 3.49. The Morgan fingerprint density at radius 3 is 2.24 bits per heavy atom. The monoisotopic (exact) mass is 259 g/mol. The molecular formula is C10H13NO5S. The lowest BCUT2D eigenvalue weighted by Crippen LogP contribution is -2.47. The van der Waals surface area contributed by atoms with E-state index in [0.29, 0.717) is 0 Å². The number of hydrogen-bond donors (Lipinski definition) is 3. The summed E-state index contributed by atoms with van der Waals surface area (Å²) < 4.78 is 25.5. The van der Waals surface area contributed by atoms with E-state index < -0.39 is 28.1 Å². The summed E-state index contributed by atoms with van der Waals surface area (Å²) in [6, 6.07) is 5.79. The zero-order chi connectivity index (χ0) is 13.1. The van der Waals surface area contributed by atoms with Crippen molar-refractivity contribution in [2.75, 3.05) is 0 Å². The summed E-state index contributed by atoms with van der Waals surface area (Å²) in [6.07, 6.45) is -1.33. The maximum atomic E-state index is 11.8. The molecule has 2 atom stereocenters. The number of aliphatic hydroxyl groups excluding tert-OH is 1. The minimum absolute atomic E-state index is 0.0492. The van der Waals surface area contributed by atoms with Crippen LogP contribution in [0.25, 0.3) is 0 Å². The van der Waals surface area contributed by atoms with Crippen molar-refractivity contribution in [2.24, 2.45) is 0 Å². The molecule has 0 amide bonds. The molecule has 0 radical (unpaired) electrons. The first-order chi connectivity index (χ1) is 7.84. The van der Waals surface area contributed by atoms with Crippen molar-refractivity contribution in [3.05, 3.63) is 30.3 Å². The average Bonchev–Trinajstić information content (AvgIpc) is 2.26. The fraction of sp³-hybridized carbons (Fsp3) is 0.300. The summed E-state index contributed by atoms with van der Waals surface area (Å²) in [7, 11) is -3.94. The number of carboxylic acid groups (broad SMARTS) is 1. The zero-order valence-corrected chi connectivity index (χ0v) is 9.89. The summed E-state index contributed by atoms with van der Waals surface area (Å²) >= 11 is 0. The molecule has 7 heteroatoms. The standard InChI is InChI=1S/C10H13NO5S/c1-7(12)9(10(13)14)11-17(15,16)8-5-3-2-4-6-8/h2-7,9,11-12H,1H3,(H,13,14)/t7-,9-/m1/s1. The van der Waals surface area contributed by atoms with Crippen LogP contribution in [-0.2, 0) is 14.8 Å². The summed E-state index contributed by atoms with van der Waals surface area (Å²) in [4.78, 5) is 10.7. The highest BCUT2D eigenvalue weighted by atomic mass is 32.2.